The Morgan fingerprint density at radius 3 is 2.88 bits per heavy atom. The molecule has 0 radical (unpaired) electrons. The molecule has 1 aliphatic rings. The molecule has 128 valence electrons. The van der Waals surface area contributed by atoms with Gasteiger partial charge in [-0.15, -0.1) is 10.2 Å². The highest BCUT2D eigenvalue weighted by molar-refractivity contribution is 8.00. The van der Waals surface area contributed by atoms with Gasteiger partial charge in [0.05, 0.1) is 17.5 Å². The zero-order valence-corrected chi connectivity index (χ0v) is 15.0. The van der Waals surface area contributed by atoms with E-state index in [1.807, 2.05) is 49.7 Å². The number of thioether (sulfide) groups is 1. The fraction of sp³-hybridized carbons (Fsp3) is 0.471. The van der Waals surface area contributed by atoms with Crippen LogP contribution in [0.25, 0.3) is 0 Å². The Morgan fingerprint density at radius 2 is 2.17 bits per heavy atom. The number of ether oxygens (including phenoxy) is 1. The summed E-state index contributed by atoms with van der Waals surface area (Å²) in [6, 6.07) is 7.45. The van der Waals surface area contributed by atoms with Gasteiger partial charge >= 0.3 is 0 Å². The number of amides is 1. The van der Waals surface area contributed by atoms with Gasteiger partial charge in [-0.25, -0.2) is 0 Å². The lowest BCUT2D eigenvalue weighted by Crippen LogP contribution is -2.23. The Bertz CT molecular complexity index is 727. The first kappa shape index (κ1) is 16.8. The van der Waals surface area contributed by atoms with Crippen LogP contribution in [0.2, 0.25) is 0 Å². The van der Waals surface area contributed by atoms with E-state index in [2.05, 4.69) is 15.5 Å². The van der Waals surface area contributed by atoms with E-state index in [4.69, 9.17) is 4.74 Å². The van der Waals surface area contributed by atoms with Crippen molar-refractivity contribution in [1.29, 1.82) is 0 Å². The third-order valence-corrected chi connectivity index (χ3v) is 5.04. The summed E-state index contributed by atoms with van der Waals surface area (Å²) in [6.45, 7) is 4.34. The van der Waals surface area contributed by atoms with E-state index in [9.17, 15) is 4.79 Å². The van der Waals surface area contributed by atoms with Gasteiger partial charge in [0.25, 0.3) is 0 Å². The van der Waals surface area contributed by atoms with Crippen LogP contribution in [0, 0.1) is 0 Å². The predicted octanol–water partition coefficient (Wildman–Crippen LogP) is 3.21. The normalized spacial score (nSPS) is 15.1. The SMILES string of the molecule is CCOc1ccccc1NC(=O)[C@H](C)Sc1nnc(C2CC2)n1C. The molecule has 1 fully saturated rings. The number of hydrogen-bond acceptors (Lipinski definition) is 5. The number of hydrogen-bond donors (Lipinski definition) is 1. The van der Waals surface area contributed by atoms with Gasteiger partial charge < -0.3 is 14.6 Å². The molecule has 1 aliphatic carbocycles. The molecule has 1 aromatic carbocycles. The van der Waals surface area contributed by atoms with Gasteiger partial charge in [0.1, 0.15) is 11.6 Å². The van der Waals surface area contributed by atoms with E-state index < -0.39 is 0 Å². The zero-order valence-electron chi connectivity index (χ0n) is 14.2. The van der Waals surface area contributed by atoms with Crippen molar-refractivity contribution in [3.05, 3.63) is 30.1 Å². The fourth-order valence-electron chi connectivity index (χ4n) is 2.42. The highest BCUT2D eigenvalue weighted by Crippen LogP contribution is 2.39. The lowest BCUT2D eigenvalue weighted by molar-refractivity contribution is -0.115. The second-order valence-electron chi connectivity index (χ2n) is 5.85. The van der Waals surface area contributed by atoms with Gasteiger partial charge in [-0.2, -0.15) is 0 Å². The molecule has 0 saturated heterocycles. The number of carbonyl (C=O) groups is 1. The summed E-state index contributed by atoms with van der Waals surface area (Å²) in [5, 5.41) is 11.9. The van der Waals surface area contributed by atoms with Crippen molar-refractivity contribution in [2.75, 3.05) is 11.9 Å². The van der Waals surface area contributed by atoms with Crippen molar-refractivity contribution in [2.24, 2.45) is 7.05 Å². The maximum atomic E-state index is 12.5. The molecule has 6 nitrogen and oxygen atoms in total. The van der Waals surface area contributed by atoms with Crippen LogP contribution in [0.4, 0.5) is 5.69 Å². The molecule has 7 heteroatoms. The monoisotopic (exact) mass is 346 g/mol. The maximum Gasteiger partial charge on any atom is 0.237 e. The lowest BCUT2D eigenvalue weighted by atomic mass is 10.3. The predicted molar refractivity (Wildman–Crippen MR) is 94.5 cm³/mol. The van der Waals surface area contributed by atoms with Crippen molar-refractivity contribution >= 4 is 23.4 Å². The third-order valence-electron chi connectivity index (χ3n) is 3.91. The second-order valence-corrected chi connectivity index (χ2v) is 7.16. The number of para-hydroxylation sites is 2. The lowest BCUT2D eigenvalue weighted by Gasteiger charge is -2.14. The average molecular weight is 346 g/mol. The largest absolute Gasteiger partial charge is 0.492 e. The molecule has 1 heterocycles. The van der Waals surface area contributed by atoms with Crippen molar-refractivity contribution in [3.63, 3.8) is 0 Å². The van der Waals surface area contributed by atoms with Gasteiger partial charge in [0, 0.05) is 13.0 Å². The van der Waals surface area contributed by atoms with Crippen LogP contribution in [0.1, 0.15) is 38.4 Å². The average Bonchev–Trinajstić information content (AvgIpc) is 3.35. The van der Waals surface area contributed by atoms with Crippen molar-refractivity contribution < 1.29 is 9.53 Å². The van der Waals surface area contributed by atoms with Gasteiger partial charge in [-0.05, 0) is 38.8 Å². The molecule has 0 unspecified atom stereocenters. The van der Waals surface area contributed by atoms with Crippen LogP contribution in [0.15, 0.2) is 29.4 Å². The van der Waals surface area contributed by atoms with E-state index in [1.54, 1.807) is 0 Å². The topological polar surface area (TPSA) is 69.0 Å². The summed E-state index contributed by atoms with van der Waals surface area (Å²) in [4.78, 5) is 12.5. The van der Waals surface area contributed by atoms with E-state index in [1.165, 1.54) is 24.6 Å². The third kappa shape index (κ3) is 3.72. The van der Waals surface area contributed by atoms with Crippen LogP contribution in [-0.2, 0) is 11.8 Å². The van der Waals surface area contributed by atoms with Crippen molar-refractivity contribution in [3.8, 4) is 5.75 Å². The Labute approximate surface area is 146 Å². The molecule has 1 atom stereocenters. The van der Waals surface area contributed by atoms with Gasteiger partial charge in [0.15, 0.2) is 5.16 Å². The van der Waals surface area contributed by atoms with Crippen LogP contribution < -0.4 is 10.1 Å². The smallest absolute Gasteiger partial charge is 0.237 e. The Balaban J connectivity index is 1.65. The summed E-state index contributed by atoms with van der Waals surface area (Å²) >= 11 is 1.42. The summed E-state index contributed by atoms with van der Waals surface area (Å²) in [6.07, 6.45) is 2.36. The molecule has 1 aromatic heterocycles. The Kier molecular flexibility index (Phi) is 5.08. The van der Waals surface area contributed by atoms with E-state index in [0.29, 0.717) is 24.0 Å². The molecular formula is C17H22N4O2S. The van der Waals surface area contributed by atoms with Crippen LogP contribution in [0.3, 0.4) is 0 Å². The molecule has 0 spiro atoms. The van der Waals surface area contributed by atoms with Crippen LogP contribution >= 0.6 is 11.8 Å². The van der Waals surface area contributed by atoms with Gasteiger partial charge in [-0.3, -0.25) is 4.79 Å². The summed E-state index contributed by atoms with van der Waals surface area (Å²) in [7, 11) is 1.96. The number of nitrogens with zero attached hydrogens (tertiary/aromatic N) is 3. The number of nitrogens with one attached hydrogen (secondary N) is 1. The van der Waals surface area contributed by atoms with E-state index in [-0.39, 0.29) is 11.2 Å². The highest BCUT2D eigenvalue weighted by Gasteiger charge is 2.30. The molecule has 1 N–H and O–H groups in total. The quantitative estimate of drug-likeness (QED) is 0.780. The number of benzene rings is 1. The number of anilines is 1. The Morgan fingerprint density at radius 1 is 1.42 bits per heavy atom. The Hall–Kier alpha value is -2.02. The van der Waals surface area contributed by atoms with E-state index >= 15 is 0 Å². The fourth-order valence-corrected chi connectivity index (χ4v) is 3.24. The minimum atomic E-state index is -0.283. The number of rotatable bonds is 7. The molecule has 1 saturated carbocycles. The zero-order chi connectivity index (χ0) is 17.1. The molecule has 0 bridgehead atoms. The number of carbonyl (C=O) groups excluding carboxylic acids is 1. The summed E-state index contributed by atoms with van der Waals surface area (Å²) in [5.41, 5.74) is 0.688. The summed E-state index contributed by atoms with van der Waals surface area (Å²) < 4.78 is 7.54. The highest BCUT2D eigenvalue weighted by atomic mass is 32.2. The van der Waals surface area contributed by atoms with Crippen molar-refractivity contribution in [1.82, 2.24) is 14.8 Å². The van der Waals surface area contributed by atoms with Crippen LogP contribution in [-0.4, -0.2) is 32.5 Å². The maximum absolute atomic E-state index is 12.5. The first-order valence-electron chi connectivity index (χ1n) is 8.18. The first-order valence-corrected chi connectivity index (χ1v) is 9.06. The summed E-state index contributed by atoms with van der Waals surface area (Å²) in [5.74, 6) is 2.16. The minimum Gasteiger partial charge on any atom is -0.492 e. The van der Waals surface area contributed by atoms with E-state index in [0.717, 1.165) is 11.0 Å². The van der Waals surface area contributed by atoms with Gasteiger partial charge in [-0.1, -0.05) is 23.9 Å². The first-order chi connectivity index (χ1) is 11.6. The minimum absolute atomic E-state index is 0.0804. The molecule has 3 rings (SSSR count). The molecule has 1 amide bonds. The van der Waals surface area contributed by atoms with Crippen LogP contribution in [0.5, 0.6) is 5.75 Å². The molecule has 24 heavy (non-hydrogen) atoms. The standard InChI is InChI=1S/C17H22N4O2S/c1-4-23-14-8-6-5-7-13(14)18-16(22)11(2)24-17-20-19-15(21(17)3)12-9-10-12/h5-8,11-12H,4,9-10H2,1-3H3,(H,18,22)/t11-/m0/s1. The molecular weight excluding hydrogens is 324 g/mol. The molecule has 2 aromatic rings. The second kappa shape index (κ2) is 7.25. The molecule has 0 aliphatic heterocycles. The van der Waals surface area contributed by atoms with Gasteiger partial charge in [0.2, 0.25) is 5.91 Å². The number of aromatic nitrogens is 3. The van der Waals surface area contributed by atoms with Crippen molar-refractivity contribution in [2.45, 2.75) is 43.0 Å².